The number of H-pyrrole nitrogens is 1. The Morgan fingerprint density at radius 1 is 1.13 bits per heavy atom. The Bertz CT molecular complexity index is 1960. The molecule has 10 heteroatoms. The minimum Gasteiger partial charge on any atom is -0.340 e. The Balaban J connectivity index is 1.74. The van der Waals surface area contributed by atoms with Gasteiger partial charge in [0.05, 0.1) is 22.5 Å². The van der Waals surface area contributed by atoms with Crippen LogP contribution in [0.5, 0.6) is 0 Å². The lowest BCUT2D eigenvalue weighted by Crippen LogP contribution is -2.30. The molecule has 1 saturated heterocycles. The van der Waals surface area contributed by atoms with Crippen LogP contribution in [0.1, 0.15) is 36.9 Å². The molecule has 5 aromatic rings. The summed E-state index contributed by atoms with van der Waals surface area (Å²) in [5, 5.41) is 14.7. The van der Waals surface area contributed by atoms with E-state index in [1.165, 1.54) is 12.3 Å². The SMILES string of the molecule is CCc1cc2c(=O)c3c4ccc(C#N)cc4[nH]c3n(C3CCNCC3)c2cc1-c1cncc(S(=O)(=O)F)c1. The van der Waals surface area contributed by atoms with Crippen LogP contribution in [0.3, 0.4) is 0 Å². The molecule has 0 bridgehead atoms. The molecule has 6 rings (SSSR count). The second kappa shape index (κ2) is 9.04. The molecule has 4 heterocycles. The first-order valence-electron chi connectivity index (χ1n) is 12.5. The summed E-state index contributed by atoms with van der Waals surface area (Å²) in [5.74, 6) is 0. The number of halogens is 1. The highest BCUT2D eigenvalue weighted by Crippen LogP contribution is 2.36. The van der Waals surface area contributed by atoms with E-state index < -0.39 is 15.1 Å². The molecule has 3 aromatic heterocycles. The average molecular weight is 530 g/mol. The largest absolute Gasteiger partial charge is 0.340 e. The Hall–Kier alpha value is -4.07. The van der Waals surface area contributed by atoms with Gasteiger partial charge in [-0.1, -0.05) is 13.0 Å². The van der Waals surface area contributed by atoms with Gasteiger partial charge in [-0.3, -0.25) is 9.78 Å². The second-order valence-electron chi connectivity index (χ2n) is 9.63. The number of aromatic amines is 1. The predicted molar refractivity (Wildman–Crippen MR) is 144 cm³/mol. The topological polar surface area (TPSA) is 121 Å². The minimum absolute atomic E-state index is 0.0985. The minimum atomic E-state index is -4.93. The number of pyridine rings is 2. The van der Waals surface area contributed by atoms with Gasteiger partial charge < -0.3 is 14.9 Å². The molecule has 0 amide bonds. The summed E-state index contributed by atoms with van der Waals surface area (Å²) in [6, 6.07) is 12.6. The lowest BCUT2D eigenvalue weighted by atomic mass is 9.95. The van der Waals surface area contributed by atoms with Crippen molar-refractivity contribution >= 4 is 43.1 Å². The third kappa shape index (κ3) is 3.86. The molecular formula is C28H24FN5O3S. The molecule has 0 unspecified atom stereocenters. The van der Waals surface area contributed by atoms with E-state index in [1.807, 2.05) is 25.1 Å². The molecule has 0 spiro atoms. The van der Waals surface area contributed by atoms with Crippen molar-refractivity contribution in [3.05, 3.63) is 70.1 Å². The monoisotopic (exact) mass is 529 g/mol. The molecule has 0 radical (unpaired) electrons. The first kappa shape index (κ1) is 24.3. The number of fused-ring (bicyclic) bond motifs is 4. The van der Waals surface area contributed by atoms with Crippen LogP contribution in [-0.4, -0.2) is 36.0 Å². The summed E-state index contributed by atoms with van der Waals surface area (Å²) in [4.78, 5) is 20.9. The van der Waals surface area contributed by atoms with E-state index in [1.54, 1.807) is 12.1 Å². The first-order chi connectivity index (χ1) is 18.3. The zero-order chi connectivity index (χ0) is 26.6. The number of benzene rings is 2. The number of nitrogens with zero attached hydrogens (tertiary/aromatic N) is 3. The fourth-order valence-corrected chi connectivity index (χ4v) is 6.09. The van der Waals surface area contributed by atoms with E-state index in [-0.39, 0.29) is 11.5 Å². The van der Waals surface area contributed by atoms with Crippen molar-refractivity contribution < 1.29 is 12.3 Å². The summed E-state index contributed by atoms with van der Waals surface area (Å²) in [6.07, 6.45) is 4.77. The summed E-state index contributed by atoms with van der Waals surface area (Å²) in [6.45, 7) is 3.62. The highest BCUT2D eigenvalue weighted by Gasteiger charge is 2.24. The Kier molecular flexibility index (Phi) is 5.78. The maximum absolute atomic E-state index is 14.0. The fourth-order valence-electron chi connectivity index (χ4n) is 5.64. The maximum Gasteiger partial charge on any atom is 0.333 e. The van der Waals surface area contributed by atoms with Crippen molar-refractivity contribution in [2.75, 3.05) is 13.1 Å². The average Bonchev–Trinajstić information content (AvgIpc) is 3.31. The van der Waals surface area contributed by atoms with Crippen molar-refractivity contribution in [3.63, 3.8) is 0 Å². The van der Waals surface area contributed by atoms with Gasteiger partial charge in [-0.2, -0.15) is 13.7 Å². The van der Waals surface area contributed by atoms with Crippen molar-refractivity contribution in [1.29, 1.82) is 5.26 Å². The lowest BCUT2D eigenvalue weighted by molar-refractivity contribution is 0.381. The van der Waals surface area contributed by atoms with E-state index in [0.717, 1.165) is 48.6 Å². The van der Waals surface area contributed by atoms with Crippen LogP contribution in [0, 0.1) is 11.3 Å². The van der Waals surface area contributed by atoms with Crippen molar-refractivity contribution in [2.45, 2.75) is 37.1 Å². The van der Waals surface area contributed by atoms with Crippen LogP contribution < -0.4 is 10.7 Å². The molecule has 192 valence electrons. The van der Waals surface area contributed by atoms with Crippen LogP contribution in [-0.2, 0) is 16.6 Å². The molecular weight excluding hydrogens is 505 g/mol. The molecule has 1 aliphatic rings. The van der Waals surface area contributed by atoms with E-state index in [2.05, 4.69) is 25.9 Å². The summed E-state index contributed by atoms with van der Waals surface area (Å²) in [7, 11) is -4.93. The van der Waals surface area contributed by atoms with E-state index in [0.29, 0.717) is 45.0 Å². The van der Waals surface area contributed by atoms with E-state index in [4.69, 9.17) is 0 Å². The highest BCUT2D eigenvalue weighted by atomic mass is 32.3. The maximum atomic E-state index is 14.0. The van der Waals surface area contributed by atoms with Crippen LogP contribution in [0.2, 0.25) is 0 Å². The summed E-state index contributed by atoms with van der Waals surface area (Å²) >= 11 is 0. The molecule has 8 nitrogen and oxygen atoms in total. The van der Waals surface area contributed by atoms with Gasteiger partial charge in [0.1, 0.15) is 10.5 Å². The zero-order valence-electron chi connectivity index (χ0n) is 20.6. The lowest BCUT2D eigenvalue weighted by Gasteiger charge is -2.28. The highest BCUT2D eigenvalue weighted by molar-refractivity contribution is 7.86. The fraction of sp³-hybridized carbons (Fsp3) is 0.250. The Labute approximate surface area is 217 Å². The molecule has 0 saturated carbocycles. The zero-order valence-corrected chi connectivity index (χ0v) is 21.4. The second-order valence-corrected chi connectivity index (χ2v) is 11.0. The summed E-state index contributed by atoms with van der Waals surface area (Å²) in [5.41, 5.74) is 4.48. The van der Waals surface area contributed by atoms with Crippen molar-refractivity contribution in [2.24, 2.45) is 0 Å². The van der Waals surface area contributed by atoms with Gasteiger partial charge in [-0.25, -0.2) is 0 Å². The predicted octanol–water partition coefficient (Wildman–Crippen LogP) is 4.71. The smallest absolute Gasteiger partial charge is 0.333 e. The number of piperidine rings is 1. The van der Waals surface area contributed by atoms with Crippen LogP contribution in [0.4, 0.5) is 3.89 Å². The number of rotatable bonds is 4. The first-order valence-corrected chi connectivity index (χ1v) is 13.9. The van der Waals surface area contributed by atoms with Crippen molar-refractivity contribution in [1.82, 2.24) is 19.9 Å². The number of hydrogen-bond donors (Lipinski definition) is 2. The quantitative estimate of drug-likeness (QED) is 0.325. The molecule has 0 aliphatic carbocycles. The molecule has 38 heavy (non-hydrogen) atoms. The molecule has 2 N–H and O–H groups in total. The number of nitriles is 1. The Morgan fingerprint density at radius 2 is 1.92 bits per heavy atom. The van der Waals surface area contributed by atoms with Gasteiger partial charge in [0, 0.05) is 40.3 Å². The van der Waals surface area contributed by atoms with Gasteiger partial charge in [-0.05, 0) is 73.8 Å². The standard InChI is InChI=1S/C28H24FN5O3S/c1-2-17-11-23-25(12-22(17)18-10-20(15-32-14-18)38(29,36)37)34(19-5-7-31-8-6-19)28-26(27(23)35)21-4-3-16(13-30)9-24(21)33-28/h3-4,9-12,14-15,19,31,33H,2,5-8H2,1H3. The normalized spacial score (nSPS) is 14.9. The van der Waals surface area contributed by atoms with Crippen LogP contribution in [0.25, 0.3) is 44.0 Å². The number of aromatic nitrogens is 3. The van der Waals surface area contributed by atoms with Crippen LogP contribution >= 0.6 is 0 Å². The van der Waals surface area contributed by atoms with E-state index in [9.17, 15) is 22.4 Å². The van der Waals surface area contributed by atoms with Crippen LogP contribution in [0.15, 0.2) is 58.5 Å². The van der Waals surface area contributed by atoms with Gasteiger partial charge in [-0.15, -0.1) is 3.89 Å². The number of aryl methyl sites for hydroxylation is 1. The Morgan fingerprint density at radius 3 is 2.63 bits per heavy atom. The van der Waals surface area contributed by atoms with Crippen molar-refractivity contribution in [3.8, 4) is 17.2 Å². The molecule has 1 fully saturated rings. The number of nitrogens with one attached hydrogen (secondary N) is 2. The van der Waals surface area contributed by atoms with Gasteiger partial charge in [0.15, 0.2) is 5.43 Å². The third-order valence-electron chi connectivity index (χ3n) is 7.46. The van der Waals surface area contributed by atoms with E-state index >= 15 is 0 Å². The molecule has 0 atom stereocenters. The van der Waals surface area contributed by atoms with Gasteiger partial charge >= 0.3 is 10.2 Å². The molecule has 1 aliphatic heterocycles. The van der Waals surface area contributed by atoms with Gasteiger partial charge in [0.25, 0.3) is 0 Å². The third-order valence-corrected chi connectivity index (χ3v) is 8.25. The number of hydrogen-bond acceptors (Lipinski definition) is 6. The van der Waals surface area contributed by atoms with Gasteiger partial charge in [0.2, 0.25) is 0 Å². The molecule has 2 aromatic carbocycles. The summed E-state index contributed by atoms with van der Waals surface area (Å²) < 4.78 is 39.1.